The number of benzene rings is 1. The monoisotopic (exact) mass is 259 g/mol. The van der Waals surface area contributed by atoms with Crippen LogP contribution < -0.4 is 9.46 Å². The molecule has 0 spiro atoms. The predicted molar refractivity (Wildman–Crippen MR) is 64.6 cm³/mol. The largest absolute Gasteiger partial charge is 0.496 e. The Morgan fingerprint density at radius 3 is 2.59 bits per heavy atom. The molecule has 6 heteroatoms. The molecule has 0 saturated carbocycles. The molecule has 0 radical (unpaired) electrons. The van der Waals surface area contributed by atoms with E-state index in [1.807, 2.05) is 0 Å². The van der Waals surface area contributed by atoms with E-state index in [4.69, 9.17) is 9.84 Å². The molecule has 1 aromatic carbocycles. The Balaban J connectivity index is 3.04. The first-order chi connectivity index (χ1) is 7.90. The standard InChI is InChI=1S/C11H17NO4S/c1-8-6-10(4-5-11(8)16-3)17(14,15)12-9(2)7-13/h4-6,9,12-13H,7H2,1-3H3/t9-/m0/s1. The van der Waals surface area contributed by atoms with Crippen LogP contribution in [0.5, 0.6) is 5.75 Å². The summed E-state index contributed by atoms with van der Waals surface area (Å²) in [6.45, 7) is 3.12. The van der Waals surface area contributed by atoms with Crippen molar-refractivity contribution in [2.45, 2.75) is 24.8 Å². The molecule has 0 aliphatic heterocycles. The van der Waals surface area contributed by atoms with Crippen LogP contribution in [0.3, 0.4) is 0 Å². The van der Waals surface area contributed by atoms with Crippen LogP contribution in [0.2, 0.25) is 0 Å². The average Bonchev–Trinajstić information content (AvgIpc) is 2.28. The summed E-state index contributed by atoms with van der Waals surface area (Å²) in [5, 5.41) is 8.83. The molecule has 0 fully saturated rings. The lowest BCUT2D eigenvalue weighted by molar-refractivity contribution is 0.265. The van der Waals surface area contributed by atoms with Gasteiger partial charge < -0.3 is 9.84 Å². The molecule has 0 bridgehead atoms. The van der Waals surface area contributed by atoms with E-state index in [0.717, 1.165) is 5.56 Å². The van der Waals surface area contributed by atoms with Gasteiger partial charge >= 0.3 is 0 Å². The van der Waals surface area contributed by atoms with E-state index >= 15 is 0 Å². The maximum atomic E-state index is 11.9. The van der Waals surface area contributed by atoms with Gasteiger partial charge in [0.2, 0.25) is 10.0 Å². The normalized spacial score (nSPS) is 13.4. The van der Waals surface area contributed by atoms with Crippen molar-refractivity contribution in [3.05, 3.63) is 23.8 Å². The minimum absolute atomic E-state index is 0.163. The van der Waals surface area contributed by atoms with Crippen LogP contribution in [0.15, 0.2) is 23.1 Å². The minimum Gasteiger partial charge on any atom is -0.496 e. The molecule has 2 N–H and O–H groups in total. The molecule has 1 aromatic rings. The van der Waals surface area contributed by atoms with Gasteiger partial charge in [0.25, 0.3) is 0 Å². The average molecular weight is 259 g/mol. The van der Waals surface area contributed by atoms with E-state index in [0.29, 0.717) is 5.75 Å². The number of aliphatic hydroxyl groups is 1. The quantitative estimate of drug-likeness (QED) is 0.814. The highest BCUT2D eigenvalue weighted by Crippen LogP contribution is 2.21. The summed E-state index contributed by atoms with van der Waals surface area (Å²) in [7, 11) is -2.05. The van der Waals surface area contributed by atoms with Gasteiger partial charge in [-0.3, -0.25) is 0 Å². The highest BCUT2D eigenvalue weighted by Gasteiger charge is 2.17. The summed E-state index contributed by atoms with van der Waals surface area (Å²) in [6.07, 6.45) is 0. The van der Waals surface area contributed by atoms with E-state index in [-0.39, 0.29) is 11.5 Å². The first-order valence-corrected chi connectivity index (χ1v) is 6.67. The zero-order chi connectivity index (χ0) is 13.1. The molecule has 0 aliphatic carbocycles. The van der Waals surface area contributed by atoms with Crippen LogP contribution >= 0.6 is 0 Å². The summed E-state index contributed by atoms with van der Waals surface area (Å²) in [6, 6.07) is 4.10. The molecular weight excluding hydrogens is 242 g/mol. The molecule has 0 saturated heterocycles. The summed E-state index contributed by atoms with van der Waals surface area (Å²) >= 11 is 0. The first-order valence-electron chi connectivity index (χ1n) is 5.18. The van der Waals surface area contributed by atoms with Gasteiger partial charge in [-0.25, -0.2) is 13.1 Å². The number of hydrogen-bond donors (Lipinski definition) is 2. The molecule has 0 amide bonds. The highest BCUT2D eigenvalue weighted by molar-refractivity contribution is 7.89. The second-order valence-electron chi connectivity index (χ2n) is 3.84. The number of aryl methyl sites for hydroxylation is 1. The van der Waals surface area contributed by atoms with Gasteiger partial charge in [-0.05, 0) is 37.6 Å². The lowest BCUT2D eigenvalue weighted by Crippen LogP contribution is -2.35. The molecule has 1 rings (SSSR count). The number of ether oxygens (including phenoxy) is 1. The topological polar surface area (TPSA) is 75.6 Å². The van der Waals surface area contributed by atoms with Crippen LogP contribution in [0.25, 0.3) is 0 Å². The Morgan fingerprint density at radius 2 is 2.12 bits per heavy atom. The van der Waals surface area contributed by atoms with Crippen molar-refractivity contribution in [2.24, 2.45) is 0 Å². The Bertz CT molecular complexity index is 484. The van der Waals surface area contributed by atoms with E-state index in [1.54, 1.807) is 19.9 Å². The molecule has 5 nitrogen and oxygen atoms in total. The van der Waals surface area contributed by atoms with Crippen LogP contribution in [0, 0.1) is 6.92 Å². The van der Waals surface area contributed by atoms with Gasteiger partial charge in [-0.15, -0.1) is 0 Å². The third kappa shape index (κ3) is 3.42. The third-order valence-electron chi connectivity index (χ3n) is 2.31. The van der Waals surface area contributed by atoms with Crippen LogP contribution in [-0.4, -0.2) is 33.3 Å². The fourth-order valence-corrected chi connectivity index (χ4v) is 2.71. The number of aliphatic hydroxyl groups excluding tert-OH is 1. The zero-order valence-corrected chi connectivity index (χ0v) is 10.9. The Hall–Kier alpha value is -1.11. The molecule has 17 heavy (non-hydrogen) atoms. The van der Waals surface area contributed by atoms with Gasteiger partial charge in [0.15, 0.2) is 0 Å². The maximum Gasteiger partial charge on any atom is 0.240 e. The van der Waals surface area contributed by atoms with Crippen molar-refractivity contribution in [1.29, 1.82) is 0 Å². The predicted octanol–water partition coefficient (Wildman–Crippen LogP) is 0.663. The molecular formula is C11H17NO4S. The van der Waals surface area contributed by atoms with Crippen LogP contribution in [0.4, 0.5) is 0 Å². The number of methoxy groups -OCH3 is 1. The van der Waals surface area contributed by atoms with Crippen molar-refractivity contribution in [3.8, 4) is 5.75 Å². The zero-order valence-electron chi connectivity index (χ0n) is 10.1. The fourth-order valence-electron chi connectivity index (χ4n) is 1.39. The van der Waals surface area contributed by atoms with Crippen LogP contribution in [0.1, 0.15) is 12.5 Å². The van der Waals surface area contributed by atoms with E-state index < -0.39 is 16.1 Å². The lowest BCUT2D eigenvalue weighted by atomic mass is 10.2. The Labute approximate surface area is 101 Å². The molecule has 0 aromatic heterocycles. The SMILES string of the molecule is COc1ccc(S(=O)(=O)N[C@@H](C)CO)cc1C. The lowest BCUT2D eigenvalue weighted by Gasteiger charge is -2.12. The fraction of sp³-hybridized carbons (Fsp3) is 0.455. The first kappa shape index (κ1) is 14.0. The molecule has 0 aliphatic rings. The summed E-state index contributed by atoms with van der Waals surface area (Å²) in [5.41, 5.74) is 0.743. The summed E-state index contributed by atoms with van der Waals surface area (Å²) in [4.78, 5) is 0.163. The third-order valence-corrected chi connectivity index (χ3v) is 3.89. The second-order valence-corrected chi connectivity index (χ2v) is 5.55. The van der Waals surface area contributed by atoms with Gasteiger partial charge in [0.05, 0.1) is 18.6 Å². The number of rotatable bonds is 5. The minimum atomic E-state index is -3.58. The van der Waals surface area contributed by atoms with Gasteiger partial charge in [0.1, 0.15) is 5.75 Å². The number of sulfonamides is 1. The summed E-state index contributed by atoms with van der Waals surface area (Å²) < 4.78 is 31.2. The van der Waals surface area contributed by atoms with E-state index in [1.165, 1.54) is 19.2 Å². The van der Waals surface area contributed by atoms with Gasteiger partial charge in [0, 0.05) is 6.04 Å². The molecule has 96 valence electrons. The number of nitrogens with one attached hydrogen (secondary N) is 1. The maximum absolute atomic E-state index is 11.9. The van der Waals surface area contributed by atoms with E-state index in [2.05, 4.69) is 4.72 Å². The summed E-state index contributed by atoms with van der Waals surface area (Å²) in [5.74, 6) is 0.638. The van der Waals surface area contributed by atoms with Crippen molar-refractivity contribution >= 4 is 10.0 Å². The van der Waals surface area contributed by atoms with Crippen molar-refractivity contribution in [2.75, 3.05) is 13.7 Å². The Morgan fingerprint density at radius 1 is 1.47 bits per heavy atom. The number of hydrogen-bond acceptors (Lipinski definition) is 4. The second kappa shape index (κ2) is 5.48. The molecule has 0 heterocycles. The van der Waals surface area contributed by atoms with Crippen LogP contribution in [-0.2, 0) is 10.0 Å². The highest BCUT2D eigenvalue weighted by atomic mass is 32.2. The molecule has 1 atom stereocenters. The molecule has 0 unspecified atom stereocenters. The van der Waals surface area contributed by atoms with Crippen molar-refractivity contribution in [1.82, 2.24) is 4.72 Å². The van der Waals surface area contributed by atoms with Crippen molar-refractivity contribution in [3.63, 3.8) is 0 Å². The van der Waals surface area contributed by atoms with E-state index in [9.17, 15) is 8.42 Å². The smallest absolute Gasteiger partial charge is 0.240 e. The van der Waals surface area contributed by atoms with Gasteiger partial charge in [-0.2, -0.15) is 0 Å². The van der Waals surface area contributed by atoms with Gasteiger partial charge in [-0.1, -0.05) is 0 Å². The Kier molecular flexibility index (Phi) is 4.50. The van der Waals surface area contributed by atoms with Crippen molar-refractivity contribution < 1.29 is 18.3 Å².